The third-order valence-electron chi connectivity index (χ3n) is 4.08. The molecule has 1 aromatic rings. The fraction of sp³-hybridized carbons (Fsp3) is 0.600. The minimum Gasteiger partial charge on any atom is -0.320 e. The molecule has 1 fully saturated rings. The Morgan fingerprint density at radius 2 is 2.00 bits per heavy atom. The molecule has 2 rings (SSSR count). The molecule has 0 unspecified atom stereocenters. The van der Waals surface area contributed by atoms with Crippen LogP contribution in [-0.4, -0.2) is 39.4 Å². The summed E-state index contributed by atoms with van der Waals surface area (Å²) in [7, 11) is -1.52. The fourth-order valence-electron chi connectivity index (χ4n) is 2.74. The number of piperidine rings is 1. The third kappa shape index (κ3) is 3.97. The van der Waals surface area contributed by atoms with E-state index in [0.29, 0.717) is 24.0 Å². The summed E-state index contributed by atoms with van der Waals surface area (Å²) in [4.78, 5) is 0.225. The van der Waals surface area contributed by atoms with Crippen molar-refractivity contribution in [1.29, 1.82) is 0 Å². The van der Waals surface area contributed by atoms with Crippen LogP contribution >= 0.6 is 11.6 Å². The average molecular weight is 331 g/mol. The first-order valence-electron chi connectivity index (χ1n) is 7.36. The second kappa shape index (κ2) is 7.09. The van der Waals surface area contributed by atoms with Crippen molar-refractivity contribution in [2.45, 2.75) is 31.1 Å². The summed E-state index contributed by atoms with van der Waals surface area (Å²) in [5, 5.41) is 3.46. The number of aryl methyl sites for hydroxylation is 1. The van der Waals surface area contributed by atoms with E-state index < -0.39 is 10.0 Å². The minimum absolute atomic E-state index is 0.225. The van der Waals surface area contributed by atoms with E-state index in [1.165, 1.54) is 0 Å². The number of halogens is 1. The van der Waals surface area contributed by atoms with Crippen LogP contribution in [0.15, 0.2) is 23.1 Å². The summed E-state index contributed by atoms with van der Waals surface area (Å²) in [6.07, 6.45) is 2.95. The lowest BCUT2D eigenvalue weighted by Gasteiger charge is -2.31. The van der Waals surface area contributed by atoms with E-state index in [1.807, 2.05) is 14.0 Å². The second-order valence-corrected chi connectivity index (χ2v) is 7.99. The van der Waals surface area contributed by atoms with Crippen LogP contribution in [0.1, 0.15) is 24.8 Å². The quantitative estimate of drug-likeness (QED) is 0.903. The van der Waals surface area contributed by atoms with E-state index in [4.69, 9.17) is 11.6 Å². The third-order valence-corrected chi connectivity index (χ3v) is 6.46. The number of sulfonamides is 1. The van der Waals surface area contributed by atoms with Crippen molar-refractivity contribution in [1.82, 2.24) is 9.62 Å². The molecule has 1 saturated heterocycles. The zero-order valence-electron chi connectivity index (χ0n) is 12.6. The molecule has 1 aromatic carbocycles. The maximum Gasteiger partial charge on any atom is 0.244 e. The van der Waals surface area contributed by atoms with E-state index in [1.54, 1.807) is 22.5 Å². The van der Waals surface area contributed by atoms with Gasteiger partial charge in [-0.15, -0.1) is 0 Å². The van der Waals surface area contributed by atoms with Gasteiger partial charge < -0.3 is 5.32 Å². The molecule has 21 heavy (non-hydrogen) atoms. The van der Waals surface area contributed by atoms with Crippen LogP contribution in [-0.2, 0) is 10.0 Å². The van der Waals surface area contributed by atoms with Gasteiger partial charge in [-0.05, 0) is 63.4 Å². The predicted molar refractivity (Wildman–Crippen MR) is 86.2 cm³/mol. The summed E-state index contributed by atoms with van der Waals surface area (Å²) in [6, 6.07) is 5.10. The number of rotatable bonds is 5. The molecule has 118 valence electrons. The largest absolute Gasteiger partial charge is 0.320 e. The fourth-order valence-corrected chi connectivity index (χ4v) is 4.78. The van der Waals surface area contributed by atoms with Gasteiger partial charge >= 0.3 is 0 Å². The Balaban J connectivity index is 2.08. The molecule has 0 aliphatic carbocycles. The summed E-state index contributed by atoms with van der Waals surface area (Å²) in [5.74, 6) is 0.609. The number of benzene rings is 1. The van der Waals surface area contributed by atoms with Gasteiger partial charge in [0.05, 0.1) is 5.02 Å². The van der Waals surface area contributed by atoms with Crippen molar-refractivity contribution in [3.05, 3.63) is 28.8 Å². The molecule has 0 amide bonds. The van der Waals surface area contributed by atoms with E-state index >= 15 is 0 Å². The first-order valence-corrected chi connectivity index (χ1v) is 9.18. The summed E-state index contributed by atoms with van der Waals surface area (Å²) < 4.78 is 26.9. The number of hydrogen-bond donors (Lipinski definition) is 1. The lowest BCUT2D eigenvalue weighted by Crippen LogP contribution is -2.39. The van der Waals surface area contributed by atoms with Gasteiger partial charge in [-0.3, -0.25) is 0 Å². The SMILES string of the molecule is CNCCC1CCN(S(=O)(=O)c2ccc(C)cc2Cl)CC1. The van der Waals surface area contributed by atoms with Crippen LogP contribution in [0.4, 0.5) is 0 Å². The van der Waals surface area contributed by atoms with Crippen LogP contribution in [0, 0.1) is 12.8 Å². The molecule has 0 saturated carbocycles. The molecule has 0 radical (unpaired) electrons. The Labute approximate surface area is 132 Å². The highest BCUT2D eigenvalue weighted by molar-refractivity contribution is 7.89. The second-order valence-electron chi connectivity index (χ2n) is 5.67. The lowest BCUT2D eigenvalue weighted by atomic mass is 9.95. The van der Waals surface area contributed by atoms with Crippen LogP contribution in [0.25, 0.3) is 0 Å². The summed E-state index contributed by atoms with van der Waals surface area (Å²) in [5.41, 5.74) is 0.963. The predicted octanol–water partition coefficient (Wildman–Crippen LogP) is 2.66. The molecule has 0 atom stereocenters. The molecule has 4 nitrogen and oxygen atoms in total. The van der Waals surface area contributed by atoms with Crippen molar-refractivity contribution >= 4 is 21.6 Å². The zero-order valence-corrected chi connectivity index (χ0v) is 14.2. The molecule has 1 N–H and O–H groups in total. The monoisotopic (exact) mass is 330 g/mol. The highest BCUT2D eigenvalue weighted by Crippen LogP contribution is 2.29. The van der Waals surface area contributed by atoms with Crippen LogP contribution in [0.5, 0.6) is 0 Å². The zero-order chi connectivity index (χ0) is 15.5. The Kier molecular flexibility index (Phi) is 5.66. The van der Waals surface area contributed by atoms with E-state index in [2.05, 4.69) is 5.32 Å². The van der Waals surface area contributed by atoms with E-state index in [9.17, 15) is 8.42 Å². The average Bonchev–Trinajstić information content (AvgIpc) is 2.45. The maximum absolute atomic E-state index is 12.7. The molecule has 6 heteroatoms. The Hall–Kier alpha value is -0.620. The van der Waals surface area contributed by atoms with Crippen LogP contribution in [0.2, 0.25) is 5.02 Å². The van der Waals surface area contributed by atoms with Gasteiger partial charge in [0.2, 0.25) is 10.0 Å². The smallest absolute Gasteiger partial charge is 0.244 e. The molecular formula is C15H23ClN2O2S. The first kappa shape index (κ1) is 16.7. The van der Waals surface area contributed by atoms with Crippen molar-refractivity contribution in [3.63, 3.8) is 0 Å². The minimum atomic E-state index is -3.47. The molecule has 0 bridgehead atoms. The van der Waals surface area contributed by atoms with Gasteiger partial charge in [-0.2, -0.15) is 4.31 Å². The summed E-state index contributed by atoms with van der Waals surface area (Å²) >= 11 is 6.12. The topological polar surface area (TPSA) is 49.4 Å². The molecular weight excluding hydrogens is 308 g/mol. The Bertz CT molecular complexity index is 581. The Morgan fingerprint density at radius 3 is 2.57 bits per heavy atom. The van der Waals surface area contributed by atoms with Gasteiger partial charge in [-0.1, -0.05) is 17.7 Å². The normalized spacial score (nSPS) is 18.0. The molecule has 0 aromatic heterocycles. The van der Waals surface area contributed by atoms with Gasteiger partial charge in [0.1, 0.15) is 4.90 Å². The number of hydrogen-bond acceptors (Lipinski definition) is 3. The number of nitrogens with zero attached hydrogens (tertiary/aromatic N) is 1. The van der Waals surface area contributed by atoms with Gasteiger partial charge in [0.25, 0.3) is 0 Å². The van der Waals surface area contributed by atoms with Crippen molar-refractivity contribution in [2.75, 3.05) is 26.7 Å². The van der Waals surface area contributed by atoms with Gasteiger partial charge in [0.15, 0.2) is 0 Å². The highest BCUT2D eigenvalue weighted by atomic mass is 35.5. The maximum atomic E-state index is 12.7. The van der Waals surface area contributed by atoms with Gasteiger partial charge in [-0.25, -0.2) is 8.42 Å². The molecule has 1 aliphatic heterocycles. The molecule has 0 spiro atoms. The lowest BCUT2D eigenvalue weighted by molar-refractivity contribution is 0.263. The Morgan fingerprint density at radius 1 is 1.33 bits per heavy atom. The van der Waals surface area contributed by atoms with Crippen molar-refractivity contribution in [2.24, 2.45) is 5.92 Å². The van der Waals surface area contributed by atoms with Crippen molar-refractivity contribution < 1.29 is 8.42 Å². The van der Waals surface area contributed by atoms with Crippen LogP contribution < -0.4 is 5.32 Å². The standard InChI is InChI=1S/C15H23ClN2O2S/c1-12-3-4-15(14(16)11-12)21(19,20)18-9-6-13(7-10-18)5-8-17-2/h3-4,11,13,17H,5-10H2,1-2H3. The first-order chi connectivity index (χ1) is 9.95. The van der Waals surface area contributed by atoms with E-state index in [-0.39, 0.29) is 4.90 Å². The van der Waals surface area contributed by atoms with E-state index in [0.717, 1.165) is 31.4 Å². The number of nitrogens with one attached hydrogen (secondary N) is 1. The van der Waals surface area contributed by atoms with Crippen LogP contribution in [0.3, 0.4) is 0 Å². The van der Waals surface area contributed by atoms with Crippen molar-refractivity contribution in [3.8, 4) is 0 Å². The molecule has 1 heterocycles. The summed E-state index contributed by atoms with van der Waals surface area (Å²) in [6.45, 7) is 4.05. The highest BCUT2D eigenvalue weighted by Gasteiger charge is 2.30. The van der Waals surface area contributed by atoms with Gasteiger partial charge in [0, 0.05) is 13.1 Å². The molecule has 1 aliphatic rings.